The maximum Gasteiger partial charge on any atom is 0.257 e. The Hall–Kier alpha value is -4.18. The second kappa shape index (κ2) is 11.1. The molecule has 1 aromatic heterocycles. The molecule has 0 saturated carbocycles. The summed E-state index contributed by atoms with van der Waals surface area (Å²) in [5, 5.41) is 1.05. The number of hydrogen-bond donors (Lipinski definition) is 1. The molecule has 2 amide bonds. The summed E-state index contributed by atoms with van der Waals surface area (Å²) in [4.78, 5) is 34.6. The van der Waals surface area contributed by atoms with Crippen molar-refractivity contribution in [2.24, 2.45) is 0 Å². The number of carbonyl (C=O) groups excluding carboxylic acids is 2. The van der Waals surface area contributed by atoms with Crippen molar-refractivity contribution in [3.63, 3.8) is 0 Å². The highest BCUT2D eigenvalue weighted by atomic mass is 32.2. The van der Waals surface area contributed by atoms with E-state index in [1.54, 1.807) is 23.2 Å². The van der Waals surface area contributed by atoms with E-state index in [0.717, 1.165) is 33.6 Å². The van der Waals surface area contributed by atoms with Gasteiger partial charge in [-0.15, -0.1) is 0 Å². The van der Waals surface area contributed by atoms with E-state index in [-0.39, 0.29) is 24.6 Å². The van der Waals surface area contributed by atoms with Crippen molar-refractivity contribution in [2.45, 2.75) is 4.90 Å². The lowest BCUT2D eigenvalue weighted by molar-refractivity contribution is 0.0533. The summed E-state index contributed by atoms with van der Waals surface area (Å²) in [5.74, 6) is -2.25. The van der Waals surface area contributed by atoms with Gasteiger partial charge in [-0.1, -0.05) is 18.2 Å². The molecule has 194 valence electrons. The van der Waals surface area contributed by atoms with Crippen LogP contribution in [0.15, 0.2) is 77.8 Å². The summed E-state index contributed by atoms with van der Waals surface area (Å²) < 4.78 is 35.6. The Morgan fingerprint density at radius 1 is 0.895 bits per heavy atom. The Balaban J connectivity index is 1.23. The molecule has 38 heavy (non-hydrogen) atoms. The van der Waals surface area contributed by atoms with E-state index in [1.807, 2.05) is 36.4 Å². The lowest BCUT2D eigenvalue weighted by Gasteiger charge is -2.35. The molecular formula is C28H24F2N4O3S. The Labute approximate surface area is 222 Å². The standard InChI is InChI=1S/C28H24F2N4O3S/c1-37-24-17-20(32-38-25-6-2-4-18-5-3-11-31-26(18)25)8-9-21(24)28(36)34-14-12-33(13-15-34)27(35)19-7-10-22(29)23(30)16-19/h2-11,16-17,32H,12-15H2,1H3. The van der Waals surface area contributed by atoms with Crippen LogP contribution in [0.2, 0.25) is 0 Å². The Kier molecular flexibility index (Phi) is 7.41. The summed E-state index contributed by atoms with van der Waals surface area (Å²) >= 11 is 1.42. The molecule has 1 saturated heterocycles. The number of benzene rings is 3. The van der Waals surface area contributed by atoms with Gasteiger partial charge in [0, 0.05) is 55.1 Å². The summed E-state index contributed by atoms with van der Waals surface area (Å²) in [6, 6.07) is 18.2. The molecule has 0 bridgehead atoms. The van der Waals surface area contributed by atoms with Gasteiger partial charge in [0.15, 0.2) is 11.6 Å². The van der Waals surface area contributed by atoms with Crippen molar-refractivity contribution >= 4 is 40.4 Å². The maximum atomic E-state index is 13.5. The van der Waals surface area contributed by atoms with Crippen molar-refractivity contribution in [1.29, 1.82) is 0 Å². The number of fused-ring (bicyclic) bond motifs is 1. The number of hydrogen-bond acceptors (Lipinski definition) is 6. The first-order valence-electron chi connectivity index (χ1n) is 11.9. The number of rotatable bonds is 6. The van der Waals surface area contributed by atoms with E-state index >= 15 is 0 Å². The minimum Gasteiger partial charge on any atom is -0.496 e. The zero-order valence-corrected chi connectivity index (χ0v) is 21.3. The minimum absolute atomic E-state index is 0.0746. The molecular weight excluding hydrogens is 510 g/mol. The summed E-state index contributed by atoms with van der Waals surface area (Å²) in [6.07, 6.45) is 1.76. The number of nitrogens with one attached hydrogen (secondary N) is 1. The fourth-order valence-electron chi connectivity index (χ4n) is 4.30. The van der Waals surface area contributed by atoms with Crippen LogP contribution in [-0.2, 0) is 0 Å². The second-order valence-electron chi connectivity index (χ2n) is 8.66. The molecule has 2 heterocycles. The van der Waals surface area contributed by atoms with Gasteiger partial charge in [-0.3, -0.25) is 14.6 Å². The van der Waals surface area contributed by atoms with Crippen molar-refractivity contribution in [1.82, 2.24) is 14.8 Å². The predicted molar refractivity (Wildman–Crippen MR) is 142 cm³/mol. The number of carbonyl (C=O) groups is 2. The van der Waals surface area contributed by atoms with E-state index in [4.69, 9.17) is 4.74 Å². The molecule has 1 fully saturated rings. The molecule has 0 unspecified atom stereocenters. The first-order chi connectivity index (χ1) is 18.4. The molecule has 7 nitrogen and oxygen atoms in total. The van der Waals surface area contributed by atoms with E-state index in [1.165, 1.54) is 30.0 Å². The van der Waals surface area contributed by atoms with Gasteiger partial charge in [-0.2, -0.15) is 0 Å². The van der Waals surface area contributed by atoms with Crippen LogP contribution in [0.3, 0.4) is 0 Å². The second-order valence-corrected chi connectivity index (χ2v) is 9.51. The lowest BCUT2D eigenvalue weighted by atomic mass is 10.1. The van der Waals surface area contributed by atoms with Crippen molar-refractivity contribution in [2.75, 3.05) is 38.0 Å². The average molecular weight is 535 g/mol. The van der Waals surface area contributed by atoms with E-state index in [0.29, 0.717) is 24.4 Å². The Bertz CT molecular complexity index is 1500. The lowest BCUT2D eigenvalue weighted by Crippen LogP contribution is -2.50. The first kappa shape index (κ1) is 25.5. The molecule has 4 aromatic rings. The normalized spacial score (nSPS) is 13.4. The third-order valence-corrected chi connectivity index (χ3v) is 7.21. The van der Waals surface area contributed by atoms with Crippen molar-refractivity contribution in [3.05, 3.63) is 95.7 Å². The average Bonchev–Trinajstić information content (AvgIpc) is 2.96. The predicted octanol–water partition coefficient (Wildman–Crippen LogP) is 5.24. The molecule has 1 N–H and O–H groups in total. The van der Waals surface area contributed by atoms with Crippen LogP contribution in [0.4, 0.5) is 14.5 Å². The van der Waals surface area contributed by atoms with Gasteiger partial charge < -0.3 is 19.3 Å². The molecule has 0 spiro atoms. The van der Waals surface area contributed by atoms with Gasteiger partial charge in [0.05, 0.1) is 23.1 Å². The quantitative estimate of drug-likeness (QED) is 0.341. The zero-order chi connectivity index (χ0) is 26.6. The molecule has 10 heteroatoms. The Morgan fingerprint density at radius 2 is 1.63 bits per heavy atom. The molecule has 0 radical (unpaired) electrons. The topological polar surface area (TPSA) is 74.8 Å². The zero-order valence-electron chi connectivity index (χ0n) is 20.5. The fraction of sp³-hybridized carbons (Fsp3) is 0.179. The third kappa shape index (κ3) is 5.26. The van der Waals surface area contributed by atoms with Crippen LogP contribution in [0.5, 0.6) is 5.75 Å². The van der Waals surface area contributed by atoms with Crippen LogP contribution in [0.25, 0.3) is 10.9 Å². The highest BCUT2D eigenvalue weighted by molar-refractivity contribution is 8.00. The van der Waals surface area contributed by atoms with Crippen molar-refractivity contribution in [3.8, 4) is 5.75 Å². The Morgan fingerprint density at radius 3 is 2.37 bits per heavy atom. The number of pyridine rings is 1. The largest absolute Gasteiger partial charge is 0.496 e. The van der Waals surface area contributed by atoms with Crippen LogP contribution in [0, 0.1) is 11.6 Å². The molecule has 3 aromatic carbocycles. The molecule has 0 atom stereocenters. The van der Waals surface area contributed by atoms with Gasteiger partial charge in [0.2, 0.25) is 0 Å². The number of anilines is 1. The van der Waals surface area contributed by atoms with Crippen LogP contribution in [-0.4, -0.2) is 59.9 Å². The van der Waals surface area contributed by atoms with Gasteiger partial charge in [0.1, 0.15) is 5.75 Å². The molecule has 1 aliphatic heterocycles. The van der Waals surface area contributed by atoms with Crippen LogP contribution in [0.1, 0.15) is 20.7 Å². The maximum absolute atomic E-state index is 13.5. The van der Waals surface area contributed by atoms with Crippen LogP contribution < -0.4 is 9.46 Å². The minimum atomic E-state index is -1.07. The monoisotopic (exact) mass is 534 g/mol. The number of nitrogens with zero attached hydrogens (tertiary/aromatic N) is 3. The summed E-state index contributed by atoms with van der Waals surface area (Å²) in [5.41, 5.74) is 2.15. The number of aromatic nitrogens is 1. The SMILES string of the molecule is COc1cc(NSc2cccc3cccnc23)ccc1C(=O)N1CCN(C(=O)c2ccc(F)c(F)c2)CC1. The summed E-state index contributed by atoms with van der Waals surface area (Å²) in [7, 11) is 1.51. The van der Waals surface area contributed by atoms with E-state index < -0.39 is 17.5 Å². The fourth-order valence-corrected chi connectivity index (χ4v) is 5.07. The number of amides is 2. The highest BCUT2D eigenvalue weighted by Crippen LogP contribution is 2.31. The van der Waals surface area contributed by atoms with E-state index in [2.05, 4.69) is 9.71 Å². The van der Waals surface area contributed by atoms with E-state index in [9.17, 15) is 18.4 Å². The highest BCUT2D eigenvalue weighted by Gasteiger charge is 2.27. The van der Waals surface area contributed by atoms with Gasteiger partial charge in [-0.25, -0.2) is 8.78 Å². The van der Waals surface area contributed by atoms with Crippen LogP contribution >= 0.6 is 11.9 Å². The third-order valence-electron chi connectivity index (χ3n) is 6.33. The first-order valence-corrected chi connectivity index (χ1v) is 12.7. The number of ether oxygens (including phenoxy) is 1. The van der Waals surface area contributed by atoms with Gasteiger partial charge in [0.25, 0.3) is 11.8 Å². The number of halogens is 2. The smallest absolute Gasteiger partial charge is 0.257 e. The number of para-hydroxylation sites is 1. The molecule has 5 rings (SSSR count). The summed E-state index contributed by atoms with van der Waals surface area (Å²) in [6.45, 7) is 1.17. The molecule has 1 aliphatic rings. The molecule has 0 aliphatic carbocycles. The van der Waals surface area contributed by atoms with Crippen molar-refractivity contribution < 1.29 is 23.1 Å². The van der Waals surface area contributed by atoms with Gasteiger partial charge in [-0.05, 0) is 54.4 Å². The number of piperazine rings is 1. The number of methoxy groups -OCH3 is 1. The van der Waals surface area contributed by atoms with Gasteiger partial charge >= 0.3 is 0 Å².